The van der Waals surface area contributed by atoms with E-state index in [2.05, 4.69) is 28.8 Å². The number of piperidine rings is 1. The molecule has 1 saturated heterocycles. The van der Waals surface area contributed by atoms with Gasteiger partial charge in [-0.2, -0.15) is 0 Å². The molecule has 0 bridgehead atoms. The number of aliphatic hydroxyl groups excluding tert-OH is 1. The van der Waals surface area contributed by atoms with Crippen LogP contribution in [0.25, 0.3) is 0 Å². The van der Waals surface area contributed by atoms with Gasteiger partial charge in [0.1, 0.15) is 11.5 Å². The van der Waals surface area contributed by atoms with Gasteiger partial charge >= 0.3 is 0 Å². The largest absolute Gasteiger partial charge is 0.387 e. The average molecular weight is 368 g/mol. The van der Waals surface area contributed by atoms with Crippen molar-refractivity contribution in [1.82, 2.24) is 19.9 Å². The van der Waals surface area contributed by atoms with E-state index in [1.165, 1.54) is 0 Å². The van der Waals surface area contributed by atoms with Crippen molar-refractivity contribution >= 4 is 5.91 Å². The minimum atomic E-state index is -0.581. The van der Waals surface area contributed by atoms with Crippen molar-refractivity contribution in [3.63, 3.8) is 0 Å². The third kappa shape index (κ3) is 4.89. The van der Waals surface area contributed by atoms with Gasteiger partial charge in [0.15, 0.2) is 0 Å². The predicted octanol–water partition coefficient (Wildman–Crippen LogP) is 2.96. The lowest BCUT2D eigenvalue weighted by molar-refractivity contribution is 0.0443. The van der Waals surface area contributed by atoms with E-state index in [0.29, 0.717) is 36.2 Å². The molecule has 1 N–H and O–H groups in total. The summed E-state index contributed by atoms with van der Waals surface area (Å²) in [5.74, 6) is 1.19. The van der Waals surface area contributed by atoms with Crippen LogP contribution in [-0.4, -0.2) is 44.0 Å². The molecule has 0 spiro atoms. The van der Waals surface area contributed by atoms with Gasteiger partial charge in [0.05, 0.1) is 11.8 Å². The quantitative estimate of drug-likeness (QED) is 0.878. The van der Waals surface area contributed by atoms with Crippen molar-refractivity contribution in [2.24, 2.45) is 11.8 Å². The molecule has 3 rings (SSSR count). The first-order valence-electron chi connectivity index (χ1n) is 9.67. The van der Waals surface area contributed by atoms with Crippen molar-refractivity contribution in [2.45, 2.75) is 46.1 Å². The van der Waals surface area contributed by atoms with Gasteiger partial charge in [0.2, 0.25) is 0 Å². The van der Waals surface area contributed by atoms with Gasteiger partial charge in [0, 0.05) is 25.0 Å². The highest BCUT2D eigenvalue weighted by Gasteiger charge is 2.29. The lowest BCUT2D eigenvalue weighted by atomic mass is 9.89. The number of hydrogen-bond acceptors (Lipinski definition) is 5. The smallest absolute Gasteiger partial charge is 0.272 e. The fourth-order valence-electron chi connectivity index (χ4n) is 3.63. The second-order valence-electron chi connectivity index (χ2n) is 7.72. The summed E-state index contributed by atoms with van der Waals surface area (Å²) in [7, 11) is 0. The highest BCUT2D eigenvalue weighted by Crippen LogP contribution is 2.30. The first-order chi connectivity index (χ1) is 12.9. The van der Waals surface area contributed by atoms with Gasteiger partial charge in [-0.1, -0.05) is 19.9 Å². The molecule has 0 unspecified atom stereocenters. The summed E-state index contributed by atoms with van der Waals surface area (Å²) in [6.45, 7) is 7.34. The number of carbonyl (C=O) groups is 1. The molecule has 0 aliphatic carbocycles. The van der Waals surface area contributed by atoms with E-state index in [-0.39, 0.29) is 11.8 Å². The zero-order valence-corrected chi connectivity index (χ0v) is 16.3. The predicted molar refractivity (Wildman–Crippen MR) is 103 cm³/mol. The average Bonchev–Trinajstić information content (AvgIpc) is 2.66. The first-order valence-corrected chi connectivity index (χ1v) is 9.67. The number of amides is 1. The van der Waals surface area contributed by atoms with Crippen LogP contribution in [0.4, 0.5) is 0 Å². The van der Waals surface area contributed by atoms with Gasteiger partial charge in [-0.05, 0) is 56.2 Å². The van der Waals surface area contributed by atoms with Crippen molar-refractivity contribution in [2.75, 3.05) is 13.1 Å². The van der Waals surface area contributed by atoms with E-state index in [4.69, 9.17) is 0 Å². The van der Waals surface area contributed by atoms with E-state index in [0.717, 1.165) is 25.0 Å². The summed E-state index contributed by atoms with van der Waals surface area (Å²) >= 11 is 0. The molecule has 27 heavy (non-hydrogen) atoms. The fourth-order valence-corrected chi connectivity index (χ4v) is 3.63. The molecule has 0 radical (unpaired) electrons. The summed E-state index contributed by atoms with van der Waals surface area (Å²) in [5.41, 5.74) is 2.09. The Kier molecular flexibility index (Phi) is 6.16. The maximum absolute atomic E-state index is 12.9. The van der Waals surface area contributed by atoms with Crippen molar-refractivity contribution in [3.8, 4) is 0 Å². The molecule has 0 aromatic carbocycles. The van der Waals surface area contributed by atoms with Crippen LogP contribution in [0.3, 0.4) is 0 Å². The molecule has 1 aliphatic heterocycles. The molecule has 1 aliphatic rings. The van der Waals surface area contributed by atoms with Gasteiger partial charge in [-0.3, -0.25) is 9.78 Å². The van der Waals surface area contributed by atoms with E-state index < -0.39 is 6.10 Å². The molecule has 2 aromatic heterocycles. The minimum Gasteiger partial charge on any atom is -0.387 e. The number of pyridine rings is 1. The number of aliphatic hydroxyl groups is 1. The van der Waals surface area contributed by atoms with Crippen LogP contribution >= 0.6 is 0 Å². The zero-order chi connectivity index (χ0) is 19.4. The molecule has 1 fully saturated rings. The standard InChI is InChI=1S/C21H28N4O2/c1-14(2)12-17-13-19(24-15(3)23-17)21(27)25-10-7-16(8-11-25)20(26)18-6-4-5-9-22-18/h4-6,9,13-14,16,20,26H,7-8,10-12H2,1-3H3/t20-/m0/s1. The maximum Gasteiger partial charge on any atom is 0.272 e. The number of nitrogens with zero attached hydrogens (tertiary/aromatic N) is 4. The van der Waals surface area contributed by atoms with E-state index in [1.54, 1.807) is 6.20 Å². The number of aromatic nitrogens is 3. The maximum atomic E-state index is 12.9. The van der Waals surface area contributed by atoms with Crippen LogP contribution in [0.15, 0.2) is 30.5 Å². The van der Waals surface area contributed by atoms with Gasteiger partial charge in [-0.15, -0.1) is 0 Å². The lowest BCUT2D eigenvalue weighted by Gasteiger charge is -2.34. The highest BCUT2D eigenvalue weighted by atomic mass is 16.3. The van der Waals surface area contributed by atoms with Crippen LogP contribution in [0.2, 0.25) is 0 Å². The Hall–Kier alpha value is -2.34. The van der Waals surface area contributed by atoms with Crippen LogP contribution in [0.5, 0.6) is 0 Å². The lowest BCUT2D eigenvalue weighted by Crippen LogP contribution is -2.40. The summed E-state index contributed by atoms with van der Waals surface area (Å²) in [4.78, 5) is 27.8. The number of aryl methyl sites for hydroxylation is 1. The molecular weight excluding hydrogens is 340 g/mol. The molecule has 6 nitrogen and oxygen atoms in total. The Labute approximate surface area is 160 Å². The molecule has 144 valence electrons. The van der Waals surface area contributed by atoms with Crippen LogP contribution < -0.4 is 0 Å². The molecule has 1 amide bonds. The Morgan fingerprint density at radius 3 is 2.63 bits per heavy atom. The Morgan fingerprint density at radius 1 is 1.26 bits per heavy atom. The van der Waals surface area contributed by atoms with E-state index >= 15 is 0 Å². The third-order valence-electron chi connectivity index (χ3n) is 4.99. The zero-order valence-electron chi connectivity index (χ0n) is 16.3. The second kappa shape index (κ2) is 8.57. The Balaban J connectivity index is 1.64. The van der Waals surface area contributed by atoms with Crippen molar-refractivity contribution in [3.05, 3.63) is 53.4 Å². The molecule has 3 heterocycles. The van der Waals surface area contributed by atoms with Crippen molar-refractivity contribution in [1.29, 1.82) is 0 Å². The van der Waals surface area contributed by atoms with Crippen LogP contribution in [-0.2, 0) is 6.42 Å². The fraction of sp³-hybridized carbons (Fsp3) is 0.524. The number of hydrogen-bond donors (Lipinski definition) is 1. The Morgan fingerprint density at radius 2 is 2.00 bits per heavy atom. The summed E-state index contributed by atoms with van der Waals surface area (Å²) in [6, 6.07) is 7.40. The van der Waals surface area contributed by atoms with Gasteiger partial charge in [0.25, 0.3) is 5.91 Å². The molecule has 1 atom stereocenters. The van der Waals surface area contributed by atoms with Gasteiger partial charge < -0.3 is 10.0 Å². The third-order valence-corrected chi connectivity index (χ3v) is 4.99. The summed E-state index contributed by atoms with van der Waals surface area (Å²) in [5, 5.41) is 10.6. The second-order valence-corrected chi connectivity index (χ2v) is 7.72. The van der Waals surface area contributed by atoms with Crippen LogP contribution in [0, 0.1) is 18.8 Å². The SMILES string of the molecule is Cc1nc(CC(C)C)cc(C(=O)N2CCC([C@H](O)c3ccccn3)CC2)n1. The minimum absolute atomic E-state index is 0.0451. The number of carbonyl (C=O) groups excluding carboxylic acids is 1. The van der Waals surface area contributed by atoms with Crippen LogP contribution in [0.1, 0.15) is 60.5 Å². The monoisotopic (exact) mass is 368 g/mol. The molecule has 2 aromatic rings. The molecule has 0 saturated carbocycles. The topological polar surface area (TPSA) is 79.2 Å². The van der Waals surface area contributed by atoms with Crippen molar-refractivity contribution < 1.29 is 9.90 Å². The first kappa shape index (κ1) is 19.4. The van der Waals surface area contributed by atoms with E-state index in [9.17, 15) is 9.90 Å². The highest BCUT2D eigenvalue weighted by molar-refractivity contribution is 5.92. The summed E-state index contributed by atoms with van der Waals surface area (Å²) < 4.78 is 0. The van der Waals surface area contributed by atoms with E-state index in [1.807, 2.05) is 36.1 Å². The Bertz CT molecular complexity index is 771. The van der Waals surface area contributed by atoms with Gasteiger partial charge in [-0.25, -0.2) is 9.97 Å². The normalized spacial score (nSPS) is 16.6. The molecular formula is C21H28N4O2. The molecule has 6 heteroatoms. The summed E-state index contributed by atoms with van der Waals surface area (Å²) in [6.07, 6.45) is 3.46. The number of rotatable bonds is 5. The number of likely N-dealkylation sites (tertiary alicyclic amines) is 1.